The Hall–Kier alpha value is -3.15. The average Bonchev–Trinajstić information content (AvgIpc) is 3.43. The lowest BCUT2D eigenvalue weighted by atomic mass is 10.00. The molecule has 4 rings (SSSR count). The van der Waals surface area contributed by atoms with Crippen LogP contribution in [-0.2, 0) is 11.2 Å². The van der Waals surface area contributed by atoms with E-state index in [-0.39, 0.29) is 17.5 Å². The summed E-state index contributed by atoms with van der Waals surface area (Å²) >= 11 is 0. The zero-order chi connectivity index (χ0) is 21.6. The van der Waals surface area contributed by atoms with Gasteiger partial charge in [0.1, 0.15) is 5.76 Å². The summed E-state index contributed by atoms with van der Waals surface area (Å²) in [6.45, 7) is 9.78. The molecule has 1 amide bonds. The van der Waals surface area contributed by atoms with Crippen molar-refractivity contribution in [3.05, 3.63) is 67.3 Å². The minimum Gasteiger partial charge on any atom is -0.512 e. The van der Waals surface area contributed by atoms with Crippen LogP contribution >= 0.6 is 0 Å². The minimum absolute atomic E-state index is 0.0387. The number of carbonyl (C=O) groups is 1. The first kappa shape index (κ1) is 20.1. The Labute approximate surface area is 174 Å². The molecule has 0 atom stereocenters. The molecular formula is C24H27N3O3. The van der Waals surface area contributed by atoms with E-state index in [1.807, 2.05) is 32.0 Å². The number of amides is 1. The van der Waals surface area contributed by atoms with E-state index in [0.29, 0.717) is 23.2 Å². The van der Waals surface area contributed by atoms with E-state index in [0.717, 1.165) is 40.5 Å². The van der Waals surface area contributed by atoms with E-state index < -0.39 is 5.41 Å². The topological polar surface area (TPSA) is 83.7 Å². The monoisotopic (exact) mass is 405 g/mol. The lowest BCUT2D eigenvalue weighted by molar-refractivity contribution is -0.124. The Morgan fingerprint density at radius 1 is 1.20 bits per heavy atom. The normalized spacial score (nSPS) is 18.4. The van der Waals surface area contributed by atoms with Crippen LogP contribution < -0.4 is 21.4 Å². The lowest BCUT2D eigenvalue weighted by Crippen LogP contribution is -2.41. The third-order valence-electron chi connectivity index (χ3n) is 6.07. The van der Waals surface area contributed by atoms with Crippen molar-refractivity contribution >= 4 is 24.0 Å². The van der Waals surface area contributed by atoms with Gasteiger partial charge in [0.2, 0.25) is 5.91 Å². The van der Waals surface area contributed by atoms with Crippen LogP contribution in [0.3, 0.4) is 0 Å². The van der Waals surface area contributed by atoms with Gasteiger partial charge in [0.15, 0.2) is 0 Å². The maximum atomic E-state index is 12.6. The van der Waals surface area contributed by atoms with Crippen molar-refractivity contribution in [1.29, 1.82) is 0 Å². The number of carbonyl (C=O) groups excluding carboxylic acids is 1. The van der Waals surface area contributed by atoms with Gasteiger partial charge in [0.05, 0.1) is 16.5 Å². The molecule has 1 aromatic heterocycles. The maximum absolute atomic E-state index is 12.6. The molecule has 30 heavy (non-hydrogen) atoms. The van der Waals surface area contributed by atoms with Gasteiger partial charge in [-0.15, -0.1) is 0 Å². The molecule has 6 heteroatoms. The fourth-order valence-electron chi connectivity index (χ4n) is 4.10. The smallest absolute Gasteiger partial charge is 0.271 e. The Balaban J connectivity index is 1.85. The van der Waals surface area contributed by atoms with Gasteiger partial charge < -0.3 is 10.4 Å². The van der Waals surface area contributed by atoms with E-state index in [2.05, 4.69) is 17.0 Å². The van der Waals surface area contributed by atoms with Crippen molar-refractivity contribution in [2.75, 3.05) is 0 Å². The van der Waals surface area contributed by atoms with Crippen LogP contribution in [0.5, 0.6) is 0 Å². The number of aliphatic hydroxyl groups excluding tert-OH is 1. The molecular weight excluding hydrogens is 378 g/mol. The van der Waals surface area contributed by atoms with Crippen molar-refractivity contribution in [2.45, 2.75) is 52.5 Å². The molecule has 2 aliphatic rings. The zero-order valence-electron chi connectivity index (χ0n) is 17.7. The molecule has 0 unspecified atom stereocenters. The van der Waals surface area contributed by atoms with Gasteiger partial charge in [-0.05, 0) is 56.9 Å². The fourth-order valence-corrected chi connectivity index (χ4v) is 4.10. The summed E-state index contributed by atoms with van der Waals surface area (Å²) in [6.07, 6.45) is 2.91. The number of hydrogen-bond donors (Lipinski definition) is 2. The zero-order valence-corrected chi connectivity index (χ0v) is 17.7. The van der Waals surface area contributed by atoms with Gasteiger partial charge in [0.25, 0.3) is 5.56 Å². The molecule has 0 spiro atoms. The molecule has 0 saturated heterocycles. The highest BCUT2D eigenvalue weighted by Crippen LogP contribution is 2.47. The van der Waals surface area contributed by atoms with Crippen molar-refractivity contribution < 1.29 is 9.90 Å². The summed E-state index contributed by atoms with van der Waals surface area (Å²) in [4.78, 5) is 25.2. The van der Waals surface area contributed by atoms with E-state index in [4.69, 9.17) is 0 Å². The summed E-state index contributed by atoms with van der Waals surface area (Å²) in [7, 11) is 0. The second-order valence-corrected chi connectivity index (χ2v) is 8.56. The molecule has 1 aromatic carbocycles. The Kier molecular flexibility index (Phi) is 4.88. The van der Waals surface area contributed by atoms with Gasteiger partial charge in [-0.2, -0.15) is 9.78 Å². The molecule has 6 nitrogen and oxygen atoms in total. The highest BCUT2D eigenvalue weighted by atomic mass is 16.3. The third kappa shape index (κ3) is 3.36. The van der Waals surface area contributed by atoms with Gasteiger partial charge in [-0.25, -0.2) is 0 Å². The number of rotatable bonds is 4. The molecule has 2 aromatic rings. The first-order valence-corrected chi connectivity index (χ1v) is 10.4. The van der Waals surface area contributed by atoms with Crippen molar-refractivity contribution in [3.8, 4) is 0 Å². The molecule has 156 valence electrons. The number of benzene rings is 1. The number of aryl methyl sites for hydroxylation is 1. The van der Waals surface area contributed by atoms with Gasteiger partial charge in [-0.3, -0.25) is 9.59 Å². The van der Waals surface area contributed by atoms with Gasteiger partial charge in [-0.1, -0.05) is 24.8 Å². The van der Waals surface area contributed by atoms with Crippen LogP contribution in [0.25, 0.3) is 12.3 Å². The molecule has 1 fully saturated rings. The molecule has 2 aliphatic carbocycles. The van der Waals surface area contributed by atoms with E-state index in [1.54, 1.807) is 13.0 Å². The van der Waals surface area contributed by atoms with Crippen LogP contribution in [-0.4, -0.2) is 27.4 Å². The van der Waals surface area contributed by atoms with Crippen LogP contribution in [0.1, 0.15) is 45.6 Å². The standard InChI is InChI=1S/C24H27N3O3/c1-14(2)25-23(30)24(11-12-24)16(4)26-27-15(3)19(8-10-22(27)29)17-5-7-20-18(13-17)6-9-21(20)28/h5,7-8,10,13-14,28H,3,6,9,11-12H2,1-2,4H3,(H,25,30)/b19-17?,26-16+. The number of aromatic nitrogens is 1. The number of aliphatic hydroxyl groups is 1. The summed E-state index contributed by atoms with van der Waals surface area (Å²) < 4.78 is 1.30. The van der Waals surface area contributed by atoms with Crippen LogP contribution in [0, 0.1) is 15.9 Å². The van der Waals surface area contributed by atoms with Crippen molar-refractivity contribution in [2.24, 2.45) is 10.5 Å². The first-order valence-electron chi connectivity index (χ1n) is 10.4. The predicted molar refractivity (Wildman–Crippen MR) is 117 cm³/mol. The van der Waals surface area contributed by atoms with E-state index in [1.165, 1.54) is 10.7 Å². The summed E-state index contributed by atoms with van der Waals surface area (Å²) in [5, 5.41) is 20.6. The third-order valence-corrected chi connectivity index (χ3v) is 6.07. The molecule has 0 aliphatic heterocycles. The van der Waals surface area contributed by atoms with Crippen LogP contribution in [0.2, 0.25) is 0 Å². The Morgan fingerprint density at radius 2 is 1.90 bits per heavy atom. The Bertz CT molecular complexity index is 1330. The minimum atomic E-state index is -0.632. The van der Waals surface area contributed by atoms with Crippen molar-refractivity contribution in [3.63, 3.8) is 0 Å². The van der Waals surface area contributed by atoms with Gasteiger partial charge in [0, 0.05) is 29.0 Å². The molecule has 0 radical (unpaired) electrons. The lowest BCUT2D eigenvalue weighted by Gasteiger charge is -2.17. The van der Waals surface area contributed by atoms with Crippen molar-refractivity contribution in [1.82, 2.24) is 9.99 Å². The number of nitrogens with one attached hydrogen (secondary N) is 1. The fraction of sp³-hybridized carbons (Fsp3) is 0.375. The highest BCUT2D eigenvalue weighted by Gasteiger charge is 2.52. The number of nitrogens with zero attached hydrogens (tertiary/aromatic N) is 2. The number of fused-ring (bicyclic) bond motifs is 1. The number of pyridine rings is 1. The Morgan fingerprint density at radius 3 is 2.57 bits per heavy atom. The second-order valence-electron chi connectivity index (χ2n) is 8.56. The predicted octanol–water partition coefficient (Wildman–Crippen LogP) is 1.69. The van der Waals surface area contributed by atoms with E-state index >= 15 is 0 Å². The largest absolute Gasteiger partial charge is 0.512 e. The molecule has 2 N–H and O–H groups in total. The van der Waals surface area contributed by atoms with Crippen LogP contribution in [0.15, 0.2) is 40.2 Å². The molecule has 1 saturated carbocycles. The molecule has 0 bridgehead atoms. The quantitative estimate of drug-likeness (QED) is 0.760. The summed E-state index contributed by atoms with van der Waals surface area (Å²) in [5.74, 6) is 0.384. The molecule has 1 heterocycles. The number of hydrogen-bond acceptors (Lipinski definition) is 4. The highest BCUT2D eigenvalue weighted by molar-refractivity contribution is 6.10. The van der Waals surface area contributed by atoms with Crippen LogP contribution in [0.4, 0.5) is 0 Å². The SMILES string of the molecule is C=c1c(=c2ccc3c(c2)CCC=3O)ccc(=O)n1/N=C(\C)C1(C(=O)NC(C)C)CC1. The first-order chi connectivity index (χ1) is 14.2. The average molecular weight is 405 g/mol. The van der Waals surface area contributed by atoms with Gasteiger partial charge >= 0.3 is 0 Å². The van der Waals surface area contributed by atoms with E-state index in [9.17, 15) is 14.7 Å². The summed E-state index contributed by atoms with van der Waals surface area (Å²) in [5.41, 5.74) is 0.797. The maximum Gasteiger partial charge on any atom is 0.271 e. The summed E-state index contributed by atoms with van der Waals surface area (Å²) in [6, 6.07) is 9.15. The second kappa shape index (κ2) is 7.27.